The molecule has 11 heteroatoms. The number of carbonyl (C=O) groups is 2. The summed E-state index contributed by atoms with van der Waals surface area (Å²) in [6.45, 7) is 14.1. The van der Waals surface area contributed by atoms with Crippen LogP contribution in [0.3, 0.4) is 0 Å². The average Bonchev–Trinajstić information content (AvgIpc) is 3.21. The van der Waals surface area contributed by atoms with Gasteiger partial charge in [0.15, 0.2) is 6.10 Å². The summed E-state index contributed by atoms with van der Waals surface area (Å²) in [7, 11) is -4.85. The van der Waals surface area contributed by atoms with Gasteiger partial charge in [-0.05, 0) is 45.7 Å². The summed E-state index contributed by atoms with van der Waals surface area (Å²) in [6, 6.07) is 6.13. The maximum atomic E-state index is 12.7. The summed E-state index contributed by atoms with van der Waals surface area (Å²) < 4.78 is 33.5. The molecule has 2 atom stereocenters. The van der Waals surface area contributed by atoms with E-state index in [2.05, 4.69) is 34.6 Å². The minimum atomic E-state index is -4.85. The number of halogens is 1. The molecule has 0 heterocycles. The van der Waals surface area contributed by atoms with Crippen molar-refractivity contribution < 1.29 is 42.5 Å². The van der Waals surface area contributed by atoms with Crippen LogP contribution in [0.5, 0.6) is 5.75 Å². The van der Waals surface area contributed by atoms with Gasteiger partial charge in [-0.3, -0.25) is 14.2 Å². The third-order valence-corrected chi connectivity index (χ3v) is 11.9. The Bertz CT molecular complexity index is 1130. The largest absolute Gasteiger partial charge is 0.746 e. The molecule has 58 heavy (non-hydrogen) atoms. The van der Waals surface area contributed by atoms with Crippen molar-refractivity contribution in [2.24, 2.45) is 0 Å². The lowest BCUT2D eigenvalue weighted by atomic mass is 10.0. The summed E-state index contributed by atoms with van der Waals surface area (Å²) in [6.07, 6.45) is 30.7. The van der Waals surface area contributed by atoms with Crippen LogP contribution in [0.1, 0.15) is 214 Å². The first kappa shape index (κ1) is 56.4. The smallest absolute Gasteiger partial charge is 0.319 e. The fourth-order valence-electron chi connectivity index (χ4n) is 6.78. The number of quaternary nitrogens is 1. The van der Waals surface area contributed by atoms with Crippen molar-refractivity contribution >= 4 is 31.4 Å². The van der Waals surface area contributed by atoms with E-state index in [0.29, 0.717) is 6.42 Å². The van der Waals surface area contributed by atoms with Crippen LogP contribution in [0.15, 0.2) is 24.3 Å². The average molecular weight is 861 g/mol. The van der Waals surface area contributed by atoms with Crippen LogP contribution in [0.25, 0.3) is 0 Å². The second-order valence-electron chi connectivity index (χ2n) is 15.9. The Morgan fingerprint density at radius 2 is 0.966 bits per heavy atom. The second-order valence-corrected chi connectivity index (χ2v) is 17.6. The normalized spacial score (nSPS) is 12.8. The second kappa shape index (κ2) is 40.7. The van der Waals surface area contributed by atoms with Crippen LogP contribution < -0.4 is 14.3 Å². The van der Waals surface area contributed by atoms with Crippen LogP contribution in [-0.4, -0.2) is 50.9 Å². The van der Waals surface area contributed by atoms with Crippen molar-refractivity contribution in [1.29, 1.82) is 0 Å². The molecule has 1 rings (SSSR count). The molecular weight excluding hydrogens is 773 g/mol. The highest BCUT2D eigenvalue weighted by atomic mass is 35.5. The Labute approximate surface area is 361 Å². The first-order valence-corrected chi connectivity index (χ1v) is 25.5. The fourth-order valence-corrected chi connectivity index (χ4v) is 7.81. The van der Waals surface area contributed by atoms with Crippen molar-refractivity contribution in [3.05, 3.63) is 29.3 Å². The van der Waals surface area contributed by atoms with Crippen LogP contribution in [0.4, 0.5) is 0 Å². The van der Waals surface area contributed by atoms with E-state index in [0.717, 1.165) is 38.5 Å². The Balaban J connectivity index is 0.00000422. The van der Waals surface area contributed by atoms with Gasteiger partial charge >= 0.3 is 19.8 Å². The summed E-state index contributed by atoms with van der Waals surface area (Å²) in [5, 5.41) is 0.111. The molecule has 0 saturated heterocycles. The maximum Gasteiger partial charge on any atom is 0.319 e. The molecule has 9 nitrogen and oxygen atoms in total. The number of unbranched alkanes of at least 4 members (excludes halogenated alkanes) is 24. The van der Waals surface area contributed by atoms with Gasteiger partial charge in [0.2, 0.25) is 0 Å². The zero-order valence-electron chi connectivity index (χ0n) is 37.8. The first-order chi connectivity index (χ1) is 28.1. The lowest BCUT2D eigenvalue weighted by Gasteiger charge is -2.26. The number of phosphoric ester groups is 1. The molecule has 0 saturated carbocycles. The first-order valence-electron chi connectivity index (χ1n) is 23.7. The summed E-state index contributed by atoms with van der Waals surface area (Å²) in [4.78, 5) is 39.3. The molecule has 0 bridgehead atoms. The van der Waals surface area contributed by atoms with Gasteiger partial charge in [0, 0.05) is 12.8 Å². The zero-order chi connectivity index (χ0) is 43.0. The number of ether oxygens (including phenoxy) is 2. The number of esters is 2. The number of carbonyl (C=O) groups excluding carboxylic acids is 2. The summed E-state index contributed by atoms with van der Waals surface area (Å²) in [5.41, 5.74) is 0. The van der Waals surface area contributed by atoms with Gasteiger partial charge < -0.3 is 28.3 Å². The van der Waals surface area contributed by atoms with Crippen molar-refractivity contribution in [2.75, 3.05) is 32.8 Å². The van der Waals surface area contributed by atoms with E-state index in [1.54, 1.807) is 17.0 Å². The number of nitrogens with one attached hydrogen (secondary N) is 1. The van der Waals surface area contributed by atoms with Crippen molar-refractivity contribution in [3.63, 3.8) is 0 Å². The van der Waals surface area contributed by atoms with Gasteiger partial charge in [-0.1, -0.05) is 192 Å². The predicted octanol–water partition coefficient (Wildman–Crippen LogP) is 12.6. The van der Waals surface area contributed by atoms with Gasteiger partial charge in [-0.2, -0.15) is 0 Å². The Morgan fingerprint density at radius 3 is 1.34 bits per heavy atom. The quantitative estimate of drug-likeness (QED) is 0.0395. The Morgan fingerprint density at radius 1 is 0.586 bits per heavy atom. The molecule has 0 aliphatic rings. The standard InChI is InChI=1S/C41H72ClO8P.C6H15N/c1-3-5-7-9-11-13-15-17-19-21-23-25-27-33-40(43)47-35-37(36-48-51(45,46)50-39-32-30-29-31-38(39)42)49-41(44)34-28-26-24-22-20-18-16-14-12-10-8-6-4-2;1-4-7(5-2)6-3/h29-32,37H,3-28,33-36H2,1-2H3,(H,45,46);4-6H2,1-3H3/t37-;/m1./s1. The zero-order valence-corrected chi connectivity index (χ0v) is 39.5. The molecule has 0 amide bonds. The SMILES string of the molecule is CCCCCCCCCCCCCCCC(=O)OC[C@H](COP(=O)([O-])Oc1ccccc1Cl)OC(=O)CCCCCCCCCCCCCCC.CC[NH+](CC)CC. The van der Waals surface area contributed by atoms with Gasteiger partial charge in [0.1, 0.15) is 12.4 Å². The molecule has 0 aliphatic heterocycles. The lowest BCUT2D eigenvalue weighted by Crippen LogP contribution is -3.11. The Hall–Kier alpha value is -1.64. The van der Waals surface area contributed by atoms with Crippen LogP contribution in [0, 0.1) is 0 Å². The van der Waals surface area contributed by atoms with Crippen LogP contribution in [-0.2, 0) is 28.2 Å². The number of rotatable bonds is 39. The minimum absolute atomic E-state index is 0.0716. The highest BCUT2D eigenvalue weighted by molar-refractivity contribution is 7.46. The molecule has 1 aromatic rings. The molecule has 0 aromatic heterocycles. The molecular formula is C47H87ClNO8P. The molecule has 1 unspecified atom stereocenters. The van der Waals surface area contributed by atoms with Crippen molar-refractivity contribution in [3.8, 4) is 5.75 Å². The fraction of sp³-hybridized carbons (Fsp3) is 0.830. The molecule has 0 aliphatic carbocycles. The molecule has 0 spiro atoms. The summed E-state index contributed by atoms with van der Waals surface area (Å²) >= 11 is 6.02. The van der Waals surface area contributed by atoms with E-state index < -0.39 is 32.5 Å². The molecule has 1 aromatic carbocycles. The molecule has 0 radical (unpaired) electrons. The Kier molecular flexibility index (Phi) is 39.6. The number of benzene rings is 1. The highest BCUT2D eigenvalue weighted by Crippen LogP contribution is 2.42. The van der Waals surface area contributed by atoms with Gasteiger partial charge in [-0.25, -0.2) is 0 Å². The van der Waals surface area contributed by atoms with Gasteiger partial charge in [0.05, 0.1) is 31.3 Å². The monoisotopic (exact) mass is 860 g/mol. The highest BCUT2D eigenvalue weighted by Gasteiger charge is 2.22. The lowest BCUT2D eigenvalue weighted by molar-refractivity contribution is -0.894. The number of phosphoric acid groups is 1. The molecule has 1 N–H and O–H groups in total. The maximum absolute atomic E-state index is 12.7. The van der Waals surface area contributed by atoms with Crippen molar-refractivity contribution in [2.45, 2.75) is 221 Å². The minimum Gasteiger partial charge on any atom is -0.746 e. The van der Waals surface area contributed by atoms with Crippen LogP contribution >= 0.6 is 19.4 Å². The summed E-state index contributed by atoms with van der Waals surface area (Å²) in [5.74, 6) is -0.960. The topological polar surface area (TPSA) is 116 Å². The molecule has 0 fully saturated rings. The van der Waals surface area contributed by atoms with E-state index in [-0.39, 0.29) is 30.2 Å². The van der Waals surface area contributed by atoms with E-state index in [4.69, 9.17) is 30.1 Å². The predicted molar refractivity (Wildman–Crippen MR) is 240 cm³/mol. The van der Waals surface area contributed by atoms with Gasteiger partial charge in [0.25, 0.3) is 0 Å². The van der Waals surface area contributed by atoms with E-state index >= 15 is 0 Å². The number of para-hydroxylation sites is 1. The third-order valence-electron chi connectivity index (χ3n) is 10.7. The number of hydrogen-bond acceptors (Lipinski definition) is 8. The van der Waals surface area contributed by atoms with E-state index in [1.165, 1.54) is 154 Å². The van der Waals surface area contributed by atoms with Crippen molar-refractivity contribution in [1.82, 2.24) is 0 Å². The van der Waals surface area contributed by atoms with E-state index in [9.17, 15) is 19.0 Å². The van der Waals surface area contributed by atoms with E-state index in [1.807, 2.05) is 0 Å². The third kappa shape index (κ3) is 36.2. The van der Waals surface area contributed by atoms with Gasteiger partial charge in [-0.15, -0.1) is 0 Å². The number of hydrogen-bond donors (Lipinski definition) is 1. The van der Waals surface area contributed by atoms with Crippen LogP contribution in [0.2, 0.25) is 5.02 Å². The molecule has 340 valence electrons.